The molecule has 0 bridgehead atoms. The van der Waals surface area contributed by atoms with Crippen molar-refractivity contribution in [1.29, 1.82) is 0 Å². The van der Waals surface area contributed by atoms with Gasteiger partial charge in [0.2, 0.25) is 0 Å². The molecule has 0 atom stereocenters. The van der Waals surface area contributed by atoms with Crippen molar-refractivity contribution >= 4 is 21.8 Å². The van der Waals surface area contributed by atoms with Crippen LogP contribution < -0.4 is 5.73 Å². The predicted octanol–water partition coefficient (Wildman–Crippen LogP) is 2.65. The fourth-order valence-corrected chi connectivity index (χ4v) is 2.92. The van der Waals surface area contributed by atoms with E-state index in [0.29, 0.717) is 6.54 Å². The molecule has 18 heavy (non-hydrogen) atoms. The zero-order chi connectivity index (χ0) is 13.2. The summed E-state index contributed by atoms with van der Waals surface area (Å²) in [6.45, 7) is 1.43. The first-order valence-electron chi connectivity index (χ1n) is 6.27. The van der Waals surface area contributed by atoms with Crippen molar-refractivity contribution < 1.29 is 4.79 Å². The molecule has 1 aliphatic rings. The van der Waals surface area contributed by atoms with E-state index in [-0.39, 0.29) is 11.3 Å². The summed E-state index contributed by atoms with van der Waals surface area (Å²) in [5.41, 5.74) is 6.72. The van der Waals surface area contributed by atoms with Crippen molar-refractivity contribution in [2.45, 2.75) is 19.3 Å². The third kappa shape index (κ3) is 2.75. The Morgan fingerprint density at radius 3 is 2.72 bits per heavy atom. The van der Waals surface area contributed by atoms with Gasteiger partial charge in [-0.2, -0.15) is 0 Å². The normalized spacial score (nSPS) is 17.1. The number of nitrogens with two attached hydrogens (primary N) is 1. The number of nitrogens with zero attached hydrogens (tertiary/aromatic N) is 1. The SMILES string of the molecule is CN(CC1(CN)CCC1)C(=O)c1cccc(Br)c1. The van der Waals surface area contributed by atoms with Crippen molar-refractivity contribution in [2.75, 3.05) is 20.1 Å². The lowest BCUT2D eigenvalue weighted by Gasteiger charge is -2.43. The van der Waals surface area contributed by atoms with E-state index in [4.69, 9.17) is 5.73 Å². The van der Waals surface area contributed by atoms with Crippen LogP contribution in [0.1, 0.15) is 29.6 Å². The highest BCUT2D eigenvalue weighted by Gasteiger charge is 2.37. The minimum absolute atomic E-state index is 0.0658. The Morgan fingerprint density at radius 2 is 2.22 bits per heavy atom. The molecule has 2 rings (SSSR count). The minimum atomic E-state index is 0.0658. The molecule has 98 valence electrons. The van der Waals surface area contributed by atoms with E-state index < -0.39 is 0 Å². The molecule has 0 radical (unpaired) electrons. The second-order valence-electron chi connectivity index (χ2n) is 5.23. The fourth-order valence-electron chi connectivity index (χ4n) is 2.52. The number of rotatable bonds is 4. The quantitative estimate of drug-likeness (QED) is 0.929. The van der Waals surface area contributed by atoms with E-state index in [1.165, 1.54) is 6.42 Å². The van der Waals surface area contributed by atoms with Gasteiger partial charge >= 0.3 is 0 Å². The molecular formula is C14H19BrN2O. The van der Waals surface area contributed by atoms with Gasteiger partial charge in [0.25, 0.3) is 5.91 Å². The van der Waals surface area contributed by atoms with Gasteiger partial charge in [0.15, 0.2) is 0 Å². The molecule has 3 nitrogen and oxygen atoms in total. The van der Waals surface area contributed by atoms with Gasteiger partial charge in [-0.05, 0) is 37.6 Å². The zero-order valence-electron chi connectivity index (χ0n) is 10.7. The first kappa shape index (κ1) is 13.6. The average Bonchev–Trinajstić information content (AvgIpc) is 2.32. The van der Waals surface area contributed by atoms with Gasteiger partial charge in [0.05, 0.1) is 0 Å². The van der Waals surface area contributed by atoms with Crippen LogP contribution >= 0.6 is 15.9 Å². The van der Waals surface area contributed by atoms with Crippen LogP contribution in [0.3, 0.4) is 0 Å². The summed E-state index contributed by atoms with van der Waals surface area (Å²) >= 11 is 3.39. The predicted molar refractivity (Wildman–Crippen MR) is 76.4 cm³/mol. The van der Waals surface area contributed by atoms with Crippen LogP contribution in [0.2, 0.25) is 0 Å². The lowest BCUT2D eigenvalue weighted by molar-refractivity contribution is 0.0568. The van der Waals surface area contributed by atoms with Crippen LogP contribution in [-0.2, 0) is 0 Å². The van der Waals surface area contributed by atoms with Crippen LogP contribution in [0.15, 0.2) is 28.7 Å². The number of amides is 1. The Hall–Kier alpha value is -0.870. The molecule has 0 saturated heterocycles. The van der Waals surface area contributed by atoms with Crippen molar-refractivity contribution in [3.05, 3.63) is 34.3 Å². The molecule has 4 heteroatoms. The second-order valence-corrected chi connectivity index (χ2v) is 6.14. The molecule has 0 aliphatic heterocycles. The summed E-state index contributed by atoms with van der Waals surface area (Å²) in [5.74, 6) is 0.0658. The van der Waals surface area contributed by atoms with Crippen molar-refractivity contribution in [3.8, 4) is 0 Å². The van der Waals surface area contributed by atoms with Gasteiger partial charge in [-0.15, -0.1) is 0 Å². The highest BCUT2D eigenvalue weighted by molar-refractivity contribution is 9.10. The maximum atomic E-state index is 12.3. The first-order chi connectivity index (χ1) is 8.56. The lowest BCUT2D eigenvalue weighted by atomic mass is 9.68. The maximum absolute atomic E-state index is 12.3. The van der Waals surface area contributed by atoms with Gasteiger partial charge in [-0.25, -0.2) is 0 Å². The number of hydrogen-bond acceptors (Lipinski definition) is 2. The van der Waals surface area contributed by atoms with Gasteiger partial charge < -0.3 is 10.6 Å². The molecule has 1 aliphatic carbocycles. The van der Waals surface area contributed by atoms with Gasteiger partial charge in [0.1, 0.15) is 0 Å². The minimum Gasteiger partial charge on any atom is -0.341 e. The molecule has 0 aromatic heterocycles. The first-order valence-corrected chi connectivity index (χ1v) is 7.07. The Labute approximate surface area is 116 Å². The van der Waals surface area contributed by atoms with Crippen LogP contribution in [0.4, 0.5) is 0 Å². The largest absolute Gasteiger partial charge is 0.341 e. The van der Waals surface area contributed by atoms with E-state index in [0.717, 1.165) is 29.4 Å². The Kier molecular flexibility index (Phi) is 4.07. The van der Waals surface area contributed by atoms with Crippen molar-refractivity contribution in [1.82, 2.24) is 4.90 Å². The molecule has 0 unspecified atom stereocenters. The number of carbonyl (C=O) groups is 1. The summed E-state index contributed by atoms with van der Waals surface area (Å²) in [6, 6.07) is 7.51. The van der Waals surface area contributed by atoms with Gasteiger partial charge in [-0.3, -0.25) is 4.79 Å². The smallest absolute Gasteiger partial charge is 0.253 e. The zero-order valence-corrected chi connectivity index (χ0v) is 12.2. The van der Waals surface area contributed by atoms with E-state index in [9.17, 15) is 4.79 Å². The van der Waals surface area contributed by atoms with E-state index in [2.05, 4.69) is 15.9 Å². The maximum Gasteiger partial charge on any atom is 0.253 e. The van der Waals surface area contributed by atoms with E-state index in [1.807, 2.05) is 31.3 Å². The molecule has 1 amide bonds. The lowest BCUT2D eigenvalue weighted by Crippen LogP contribution is -2.47. The number of carbonyl (C=O) groups excluding carboxylic acids is 1. The molecule has 0 heterocycles. The summed E-state index contributed by atoms with van der Waals surface area (Å²) < 4.78 is 0.930. The topological polar surface area (TPSA) is 46.3 Å². The molecule has 1 aromatic rings. The molecular weight excluding hydrogens is 292 g/mol. The van der Waals surface area contributed by atoms with Gasteiger partial charge in [0, 0.05) is 29.0 Å². The second kappa shape index (κ2) is 5.41. The number of halogens is 1. The highest BCUT2D eigenvalue weighted by atomic mass is 79.9. The standard InChI is InChI=1S/C14H19BrN2O/c1-17(10-14(9-16)6-3-7-14)13(18)11-4-2-5-12(15)8-11/h2,4-5,8H,3,6-7,9-10,16H2,1H3. The highest BCUT2D eigenvalue weighted by Crippen LogP contribution is 2.40. The van der Waals surface area contributed by atoms with Crippen LogP contribution in [0.5, 0.6) is 0 Å². The third-order valence-electron chi connectivity index (χ3n) is 3.84. The number of benzene rings is 1. The molecule has 1 fully saturated rings. The van der Waals surface area contributed by atoms with Crippen LogP contribution in [0.25, 0.3) is 0 Å². The van der Waals surface area contributed by atoms with Crippen molar-refractivity contribution in [3.63, 3.8) is 0 Å². The Balaban J connectivity index is 2.05. The Morgan fingerprint density at radius 1 is 1.50 bits per heavy atom. The van der Waals surface area contributed by atoms with Crippen LogP contribution in [0, 0.1) is 5.41 Å². The molecule has 0 spiro atoms. The average molecular weight is 311 g/mol. The monoisotopic (exact) mass is 310 g/mol. The summed E-state index contributed by atoms with van der Waals surface area (Å²) in [4.78, 5) is 14.1. The Bertz CT molecular complexity index is 438. The van der Waals surface area contributed by atoms with E-state index >= 15 is 0 Å². The molecule has 2 N–H and O–H groups in total. The molecule has 1 aromatic carbocycles. The third-order valence-corrected chi connectivity index (χ3v) is 4.33. The van der Waals surface area contributed by atoms with Crippen molar-refractivity contribution in [2.24, 2.45) is 11.1 Å². The summed E-state index contributed by atoms with van der Waals surface area (Å²) in [5, 5.41) is 0. The van der Waals surface area contributed by atoms with Gasteiger partial charge in [-0.1, -0.05) is 28.4 Å². The summed E-state index contributed by atoms with van der Waals surface area (Å²) in [7, 11) is 1.86. The summed E-state index contributed by atoms with van der Waals surface area (Å²) in [6.07, 6.45) is 3.51. The van der Waals surface area contributed by atoms with E-state index in [1.54, 1.807) is 4.90 Å². The fraction of sp³-hybridized carbons (Fsp3) is 0.500. The molecule has 1 saturated carbocycles. The van der Waals surface area contributed by atoms with Crippen LogP contribution in [-0.4, -0.2) is 30.9 Å². The number of hydrogen-bond donors (Lipinski definition) is 1.